The number of allylic oxidation sites excluding steroid dienone is 1. The third kappa shape index (κ3) is 7.55. The Morgan fingerprint density at radius 3 is 2.57 bits per heavy atom. The molecule has 1 saturated heterocycles. The Bertz CT molecular complexity index is 1680. The number of carbonyl (C=O) groups is 3. The molecule has 0 spiro atoms. The van der Waals surface area contributed by atoms with Crippen molar-refractivity contribution in [1.29, 1.82) is 0 Å². The molecule has 6 rings (SSSR count). The fraction of sp³-hybridized carbons (Fsp3) is 0.421. The topological polar surface area (TPSA) is 104 Å². The maximum atomic E-state index is 15.3. The second-order valence-electron chi connectivity index (χ2n) is 13.0. The molecule has 1 aliphatic carbocycles. The number of ether oxygens (including phenoxy) is 2. The standard InChI is InChI=1S/C38H44FN5O5/c1-4-34-41-35(17-20-44(34)25(2)37(46)40-3)49-33-22-32-28(21-30(33)39)15-16-31(48-32)38(47)43(24-36(45)42-18-8-9-19-42)23-29(27-13-10-14-27)26-11-6-5-7-12-26/h4-7,11-12,17,20-22,27,29,31H,2,8-10,13-16,18-19,23-24H2,1,3H3,(H,40,46)/b34-4-. The largest absolute Gasteiger partial charge is 0.480 e. The second kappa shape index (κ2) is 15.1. The zero-order valence-electron chi connectivity index (χ0n) is 28.2. The summed E-state index contributed by atoms with van der Waals surface area (Å²) in [6.07, 6.45) is 10.0. The summed E-state index contributed by atoms with van der Waals surface area (Å²) in [5.41, 5.74) is 1.97. The number of likely N-dealkylation sites (tertiary alicyclic amines) is 1. The minimum absolute atomic E-state index is 0.00216. The van der Waals surface area contributed by atoms with Crippen LogP contribution in [0.15, 0.2) is 83.9 Å². The molecule has 0 radical (unpaired) electrons. The minimum Gasteiger partial charge on any atom is -0.480 e. The van der Waals surface area contributed by atoms with Crippen molar-refractivity contribution in [2.75, 3.05) is 33.2 Å². The van der Waals surface area contributed by atoms with E-state index in [1.165, 1.54) is 42.1 Å². The Kier molecular flexibility index (Phi) is 10.5. The van der Waals surface area contributed by atoms with Gasteiger partial charge in [-0.3, -0.25) is 19.3 Å². The van der Waals surface area contributed by atoms with Crippen LogP contribution in [-0.2, 0) is 20.8 Å². The molecule has 0 bridgehead atoms. The first kappa shape index (κ1) is 34.0. The van der Waals surface area contributed by atoms with Gasteiger partial charge in [-0.25, -0.2) is 4.39 Å². The summed E-state index contributed by atoms with van der Waals surface area (Å²) in [7, 11) is 1.51. The smallest absolute Gasteiger partial charge is 0.267 e. The van der Waals surface area contributed by atoms with Crippen molar-refractivity contribution in [2.24, 2.45) is 10.9 Å². The van der Waals surface area contributed by atoms with E-state index in [2.05, 4.69) is 29.0 Å². The van der Waals surface area contributed by atoms with Crippen LogP contribution in [0.4, 0.5) is 4.39 Å². The van der Waals surface area contributed by atoms with Gasteiger partial charge in [0.2, 0.25) is 11.8 Å². The molecular formula is C38H44FN5O5. The van der Waals surface area contributed by atoms with Gasteiger partial charge in [0.25, 0.3) is 11.8 Å². The number of likely N-dealkylation sites (N-methyl/N-ethyl adjacent to an activating group) is 1. The van der Waals surface area contributed by atoms with Crippen LogP contribution in [0.5, 0.6) is 11.5 Å². The number of hydrogen-bond donors (Lipinski definition) is 1. The molecule has 3 aliphatic heterocycles. The quantitative estimate of drug-likeness (QED) is 0.346. The van der Waals surface area contributed by atoms with E-state index in [0.29, 0.717) is 55.5 Å². The molecule has 258 valence electrons. The van der Waals surface area contributed by atoms with E-state index in [-0.39, 0.29) is 47.5 Å². The monoisotopic (exact) mass is 669 g/mol. The van der Waals surface area contributed by atoms with Gasteiger partial charge in [0.1, 0.15) is 17.3 Å². The molecule has 3 amide bonds. The van der Waals surface area contributed by atoms with Crippen molar-refractivity contribution in [2.45, 2.75) is 63.9 Å². The highest BCUT2D eigenvalue weighted by atomic mass is 19.1. The molecule has 49 heavy (non-hydrogen) atoms. The Labute approximate surface area is 286 Å². The summed E-state index contributed by atoms with van der Waals surface area (Å²) in [6, 6.07) is 13.1. The van der Waals surface area contributed by atoms with Gasteiger partial charge in [-0.2, -0.15) is 4.99 Å². The minimum atomic E-state index is -0.833. The number of carbonyl (C=O) groups excluding carboxylic acids is 3. The molecule has 0 aromatic heterocycles. The summed E-state index contributed by atoms with van der Waals surface area (Å²) < 4.78 is 27.4. The van der Waals surface area contributed by atoms with Gasteiger partial charge in [-0.05, 0) is 74.6 Å². The number of rotatable bonds is 10. The van der Waals surface area contributed by atoms with Crippen LogP contribution in [0, 0.1) is 11.7 Å². The number of nitrogens with zero attached hydrogens (tertiary/aromatic N) is 4. The highest BCUT2D eigenvalue weighted by molar-refractivity contribution is 5.95. The van der Waals surface area contributed by atoms with Crippen molar-refractivity contribution in [3.05, 3.63) is 95.9 Å². The number of nitrogens with one attached hydrogen (secondary N) is 1. The highest BCUT2D eigenvalue weighted by Crippen LogP contribution is 2.40. The van der Waals surface area contributed by atoms with Crippen molar-refractivity contribution in [1.82, 2.24) is 20.0 Å². The lowest BCUT2D eigenvalue weighted by Crippen LogP contribution is -2.50. The van der Waals surface area contributed by atoms with Gasteiger partial charge in [0.15, 0.2) is 17.7 Å². The Morgan fingerprint density at radius 1 is 1.14 bits per heavy atom. The Hall–Kier alpha value is -4.93. The fourth-order valence-electron chi connectivity index (χ4n) is 6.88. The number of benzene rings is 2. The number of halogens is 1. The summed E-state index contributed by atoms with van der Waals surface area (Å²) >= 11 is 0. The molecular weight excluding hydrogens is 625 g/mol. The lowest BCUT2D eigenvalue weighted by Gasteiger charge is -2.39. The zero-order valence-corrected chi connectivity index (χ0v) is 28.2. The summed E-state index contributed by atoms with van der Waals surface area (Å²) in [5.74, 6) is 0.0472. The molecule has 4 aliphatic rings. The van der Waals surface area contributed by atoms with Crippen LogP contribution in [0.1, 0.15) is 62.5 Å². The molecule has 11 heteroatoms. The average Bonchev–Trinajstić information content (AvgIpc) is 3.65. The average molecular weight is 670 g/mol. The van der Waals surface area contributed by atoms with E-state index in [1.54, 1.807) is 24.1 Å². The van der Waals surface area contributed by atoms with Crippen LogP contribution in [0.3, 0.4) is 0 Å². The molecule has 1 saturated carbocycles. The van der Waals surface area contributed by atoms with E-state index in [4.69, 9.17) is 9.47 Å². The van der Waals surface area contributed by atoms with Gasteiger partial charge in [-0.15, -0.1) is 0 Å². The van der Waals surface area contributed by atoms with Crippen molar-refractivity contribution < 1.29 is 28.2 Å². The molecule has 10 nitrogen and oxygen atoms in total. The molecule has 3 heterocycles. The number of aryl methyl sites for hydroxylation is 1. The third-order valence-electron chi connectivity index (χ3n) is 9.89. The molecule has 2 unspecified atom stereocenters. The van der Waals surface area contributed by atoms with Crippen LogP contribution in [-0.4, -0.2) is 77.6 Å². The van der Waals surface area contributed by atoms with E-state index in [1.807, 2.05) is 23.1 Å². The van der Waals surface area contributed by atoms with Crippen molar-refractivity contribution in [3.63, 3.8) is 0 Å². The Balaban J connectivity index is 1.20. The number of amides is 3. The van der Waals surface area contributed by atoms with E-state index >= 15 is 4.39 Å². The number of fused-ring (bicyclic) bond motifs is 1. The van der Waals surface area contributed by atoms with Gasteiger partial charge >= 0.3 is 0 Å². The molecule has 2 atom stereocenters. The first-order valence-corrected chi connectivity index (χ1v) is 17.2. The van der Waals surface area contributed by atoms with Crippen molar-refractivity contribution >= 4 is 23.6 Å². The Morgan fingerprint density at radius 2 is 1.90 bits per heavy atom. The first-order chi connectivity index (χ1) is 23.7. The lowest BCUT2D eigenvalue weighted by atomic mass is 9.72. The predicted molar refractivity (Wildman–Crippen MR) is 184 cm³/mol. The van der Waals surface area contributed by atoms with Crippen LogP contribution in [0.25, 0.3) is 0 Å². The van der Waals surface area contributed by atoms with Crippen LogP contribution in [0.2, 0.25) is 0 Å². The van der Waals surface area contributed by atoms with Crippen LogP contribution >= 0.6 is 0 Å². The maximum absolute atomic E-state index is 15.3. The fourth-order valence-corrected chi connectivity index (χ4v) is 6.88. The first-order valence-electron chi connectivity index (χ1n) is 17.2. The molecule has 1 N–H and O–H groups in total. The molecule has 2 fully saturated rings. The predicted octanol–water partition coefficient (Wildman–Crippen LogP) is 5.28. The summed E-state index contributed by atoms with van der Waals surface area (Å²) in [4.78, 5) is 49.3. The van der Waals surface area contributed by atoms with Gasteiger partial charge in [-0.1, -0.05) is 43.3 Å². The van der Waals surface area contributed by atoms with Gasteiger partial charge in [0, 0.05) is 50.9 Å². The normalized spacial score (nSPS) is 20.1. The SMILES string of the molecule is C=C(C(=O)NC)N1C=CC(Oc2cc3c(cc2F)CCC(C(=O)N(CC(=O)N2CCCC2)CC(c2ccccc2)C2CCC2)O3)=N/C1=C/C. The van der Waals surface area contributed by atoms with Gasteiger partial charge < -0.3 is 24.6 Å². The van der Waals surface area contributed by atoms with Crippen LogP contribution < -0.4 is 14.8 Å². The zero-order chi connectivity index (χ0) is 34.5. The van der Waals surface area contributed by atoms with Crippen molar-refractivity contribution in [3.8, 4) is 11.5 Å². The highest BCUT2D eigenvalue weighted by Gasteiger charge is 2.37. The molecule has 2 aromatic carbocycles. The summed E-state index contributed by atoms with van der Waals surface area (Å²) in [5, 5.41) is 2.53. The number of aliphatic imine (C=N–C) groups is 1. The van der Waals surface area contributed by atoms with Gasteiger partial charge in [0.05, 0.1) is 6.54 Å². The summed E-state index contributed by atoms with van der Waals surface area (Å²) in [6.45, 7) is 7.43. The molecule has 2 aromatic rings. The lowest BCUT2D eigenvalue weighted by molar-refractivity contribution is -0.145. The van der Waals surface area contributed by atoms with E-state index < -0.39 is 11.9 Å². The van der Waals surface area contributed by atoms with E-state index in [0.717, 1.165) is 25.7 Å². The number of hydrogen-bond acceptors (Lipinski definition) is 7. The third-order valence-corrected chi connectivity index (χ3v) is 9.89. The second-order valence-corrected chi connectivity index (χ2v) is 13.0. The van der Waals surface area contributed by atoms with E-state index in [9.17, 15) is 14.4 Å². The maximum Gasteiger partial charge on any atom is 0.267 e.